The van der Waals surface area contributed by atoms with Crippen molar-refractivity contribution in [1.82, 2.24) is 4.90 Å². The summed E-state index contributed by atoms with van der Waals surface area (Å²) in [5.41, 5.74) is 0. The molecule has 0 unspecified atom stereocenters. The number of thiophene rings is 1. The summed E-state index contributed by atoms with van der Waals surface area (Å²) in [6.07, 6.45) is 3.96. The number of hydrogen-bond acceptors (Lipinski definition) is 2. The minimum atomic E-state index is 0.330. The van der Waals surface area contributed by atoms with Crippen molar-refractivity contribution in [3.05, 3.63) is 22.4 Å². The molecular formula is C11H15NOS. The number of aryl methyl sites for hydroxylation is 1. The van der Waals surface area contributed by atoms with Crippen LogP contribution < -0.4 is 0 Å². The van der Waals surface area contributed by atoms with Crippen molar-refractivity contribution in [2.75, 3.05) is 13.1 Å². The van der Waals surface area contributed by atoms with E-state index in [1.807, 2.05) is 11.0 Å². The van der Waals surface area contributed by atoms with Crippen LogP contribution in [0, 0.1) is 0 Å². The topological polar surface area (TPSA) is 20.3 Å². The lowest BCUT2D eigenvalue weighted by Gasteiger charge is -2.14. The largest absolute Gasteiger partial charge is 0.343 e. The Kier molecular flexibility index (Phi) is 3.19. The highest BCUT2D eigenvalue weighted by Crippen LogP contribution is 2.14. The van der Waals surface area contributed by atoms with Gasteiger partial charge in [-0.3, -0.25) is 4.79 Å². The third-order valence-corrected chi connectivity index (χ3v) is 3.56. The van der Waals surface area contributed by atoms with Crippen molar-refractivity contribution in [1.29, 1.82) is 0 Å². The Bertz CT molecular complexity index is 288. The van der Waals surface area contributed by atoms with Gasteiger partial charge in [-0.1, -0.05) is 6.07 Å². The van der Waals surface area contributed by atoms with E-state index >= 15 is 0 Å². The average molecular weight is 209 g/mol. The van der Waals surface area contributed by atoms with Crippen LogP contribution in [0.1, 0.15) is 24.1 Å². The van der Waals surface area contributed by atoms with Crippen LogP contribution in [0.2, 0.25) is 0 Å². The first-order valence-electron chi connectivity index (χ1n) is 5.16. The summed E-state index contributed by atoms with van der Waals surface area (Å²) in [5.74, 6) is 0.330. The lowest BCUT2D eigenvalue weighted by atomic mass is 10.2. The summed E-state index contributed by atoms with van der Waals surface area (Å²) >= 11 is 1.74. The van der Waals surface area contributed by atoms with Gasteiger partial charge >= 0.3 is 0 Å². The van der Waals surface area contributed by atoms with E-state index in [2.05, 4.69) is 11.4 Å². The molecule has 3 heteroatoms. The van der Waals surface area contributed by atoms with Gasteiger partial charge in [0.15, 0.2) is 0 Å². The van der Waals surface area contributed by atoms with E-state index in [1.165, 1.54) is 17.7 Å². The quantitative estimate of drug-likeness (QED) is 0.748. The van der Waals surface area contributed by atoms with Gasteiger partial charge in [-0.25, -0.2) is 0 Å². The maximum atomic E-state index is 11.7. The average Bonchev–Trinajstić information content (AvgIpc) is 2.87. The van der Waals surface area contributed by atoms with E-state index in [0.717, 1.165) is 19.5 Å². The van der Waals surface area contributed by atoms with Crippen molar-refractivity contribution in [2.45, 2.75) is 25.7 Å². The van der Waals surface area contributed by atoms with E-state index in [4.69, 9.17) is 0 Å². The highest BCUT2D eigenvalue weighted by molar-refractivity contribution is 7.09. The van der Waals surface area contributed by atoms with Crippen molar-refractivity contribution < 1.29 is 4.79 Å². The Morgan fingerprint density at radius 2 is 2.21 bits per heavy atom. The predicted molar refractivity (Wildman–Crippen MR) is 58.5 cm³/mol. The van der Waals surface area contributed by atoms with Crippen LogP contribution in [0.4, 0.5) is 0 Å². The molecule has 1 amide bonds. The molecule has 2 nitrogen and oxygen atoms in total. The number of likely N-dealkylation sites (tertiary alicyclic amines) is 1. The minimum Gasteiger partial charge on any atom is -0.343 e. The normalized spacial score (nSPS) is 16.1. The van der Waals surface area contributed by atoms with Crippen LogP contribution in [-0.4, -0.2) is 23.9 Å². The molecule has 0 radical (unpaired) electrons. The molecule has 1 aromatic heterocycles. The Balaban J connectivity index is 1.77. The smallest absolute Gasteiger partial charge is 0.222 e. The van der Waals surface area contributed by atoms with E-state index in [0.29, 0.717) is 12.3 Å². The SMILES string of the molecule is O=C(CCc1cccs1)N1CCCC1. The van der Waals surface area contributed by atoms with Gasteiger partial charge in [0.2, 0.25) is 5.91 Å². The van der Waals surface area contributed by atoms with Gasteiger partial charge in [-0.05, 0) is 30.7 Å². The van der Waals surface area contributed by atoms with E-state index in [1.54, 1.807) is 11.3 Å². The first-order valence-corrected chi connectivity index (χ1v) is 6.04. The molecule has 1 fully saturated rings. The molecule has 0 spiro atoms. The third kappa shape index (κ3) is 2.35. The van der Waals surface area contributed by atoms with Gasteiger partial charge < -0.3 is 4.90 Å². The molecule has 0 atom stereocenters. The number of hydrogen-bond donors (Lipinski definition) is 0. The maximum Gasteiger partial charge on any atom is 0.222 e. The van der Waals surface area contributed by atoms with Crippen LogP contribution in [0.5, 0.6) is 0 Å². The van der Waals surface area contributed by atoms with Crippen LogP contribution in [0.3, 0.4) is 0 Å². The first-order chi connectivity index (χ1) is 6.86. The molecule has 0 aliphatic carbocycles. The Morgan fingerprint density at radius 3 is 2.86 bits per heavy atom. The molecule has 0 aromatic carbocycles. The monoisotopic (exact) mass is 209 g/mol. The number of carbonyl (C=O) groups excluding carboxylic acids is 1. The molecule has 1 aromatic rings. The van der Waals surface area contributed by atoms with Crippen molar-refractivity contribution in [3.8, 4) is 0 Å². The minimum absolute atomic E-state index is 0.330. The number of rotatable bonds is 3. The zero-order valence-electron chi connectivity index (χ0n) is 8.24. The molecule has 1 aliphatic heterocycles. The molecule has 2 rings (SSSR count). The third-order valence-electron chi connectivity index (χ3n) is 2.62. The van der Waals surface area contributed by atoms with Crippen LogP contribution in [-0.2, 0) is 11.2 Å². The molecule has 76 valence electrons. The molecule has 14 heavy (non-hydrogen) atoms. The fourth-order valence-corrected chi connectivity index (χ4v) is 2.52. The number of amides is 1. The molecule has 1 aliphatic rings. The summed E-state index contributed by atoms with van der Waals surface area (Å²) < 4.78 is 0. The van der Waals surface area contributed by atoms with Gasteiger partial charge in [-0.2, -0.15) is 0 Å². The molecular weight excluding hydrogens is 194 g/mol. The van der Waals surface area contributed by atoms with Crippen LogP contribution >= 0.6 is 11.3 Å². The summed E-state index contributed by atoms with van der Waals surface area (Å²) in [6, 6.07) is 4.14. The standard InChI is InChI=1S/C11H15NOS/c13-11(12-7-1-2-8-12)6-5-10-4-3-9-14-10/h3-4,9H,1-2,5-8H2. The molecule has 2 heterocycles. The fraction of sp³-hybridized carbons (Fsp3) is 0.545. The first kappa shape index (κ1) is 9.71. The second kappa shape index (κ2) is 4.60. The van der Waals surface area contributed by atoms with E-state index in [-0.39, 0.29) is 0 Å². The molecule has 1 saturated heterocycles. The lowest BCUT2D eigenvalue weighted by molar-refractivity contribution is -0.130. The predicted octanol–water partition coefficient (Wildman–Crippen LogP) is 2.30. The highest BCUT2D eigenvalue weighted by Gasteiger charge is 2.17. The molecule has 0 saturated carbocycles. The zero-order valence-corrected chi connectivity index (χ0v) is 9.05. The Labute approximate surface area is 88.5 Å². The number of carbonyl (C=O) groups is 1. The van der Waals surface area contributed by atoms with Gasteiger partial charge in [-0.15, -0.1) is 11.3 Å². The summed E-state index contributed by atoms with van der Waals surface area (Å²) in [5, 5.41) is 2.07. The van der Waals surface area contributed by atoms with Crippen molar-refractivity contribution in [3.63, 3.8) is 0 Å². The van der Waals surface area contributed by atoms with E-state index < -0.39 is 0 Å². The molecule has 0 N–H and O–H groups in total. The Morgan fingerprint density at radius 1 is 1.43 bits per heavy atom. The summed E-state index contributed by atoms with van der Waals surface area (Å²) in [6.45, 7) is 1.95. The lowest BCUT2D eigenvalue weighted by Crippen LogP contribution is -2.27. The van der Waals surface area contributed by atoms with Gasteiger partial charge in [0.1, 0.15) is 0 Å². The molecule has 0 bridgehead atoms. The van der Waals surface area contributed by atoms with E-state index in [9.17, 15) is 4.79 Å². The fourth-order valence-electron chi connectivity index (χ4n) is 1.81. The maximum absolute atomic E-state index is 11.7. The Hall–Kier alpha value is -0.830. The van der Waals surface area contributed by atoms with Crippen molar-refractivity contribution in [2.24, 2.45) is 0 Å². The second-order valence-corrected chi connectivity index (χ2v) is 4.70. The van der Waals surface area contributed by atoms with Crippen LogP contribution in [0.15, 0.2) is 17.5 Å². The summed E-state index contributed by atoms with van der Waals surface area (Å²) in [4.78, 5) is 15.0. The highest BCUT2D eigenvalue weighted by atomic mass is 32.1. The van der Waals surface area contributed by atoms with Gasteiger partial charge in [0.25, 0.3) is 0 Å². The summed E-state index contributed by atoms with van der Waals surface area (Å²) in [7, 11) is 0. The van der Waals surface area contributed by atoms with Gasteiger partial charge in [0, 0.05) is 24.4 Å². The number of nitrogens with zero attached hydrogens (tertiary/aromatic N) is 1. The zero-order chi connectivity index (χ0) is 9.80. The van der Waals surface area contributed by atoms with Crippen LogP contribution in [0.25, 0.3) is 0 Å². The van der Waals surface area contributed by atoms with Crippen molar-refractivity contribution >= 4 is 17.2 Å². The van der Waals surface area contributed by atoms with Gasteiger partial charge in [0.05, 0.1) is 0 Å². The second-order valence-electron chi connectivity index (χ2n) is 3.67.